The van der Waals surface area contributed by atoms with Crippen LogP contribution in [0.4, 0.5) is 0 Å². The fourth-order valence-corrected chi connectivity index (χ4v) is 3.84. The number of aliphatic hydroxyl groups excluding tert-OH is 1. The number of amides is 1. The Morgan fingerprint density at radius 3 is 2.57 bits per heavy atom. The van der Waals surface area contributed by atoms with Crippen LogP contribution in [0.3, 0.4) is 0 Å². The highest BCUT2D eigenvalue weighted by Crippen LogP contribution is 2.10. The number of carbonyl (C=O) groups excluding carboxylic acids is 1. The first kappa shape index (κ1) is 15.9. The van der Waals surface area contributed by atoms with E-state index in [4.69, 9.17) is 0 Å². The van der Waals surface area contributed by atoms with Crippen LogP contribution in [0.2, 0.25) is 0 Å². The number of nitrogens with one attached hydrogen (secondary N) is 3. The van der Waals surface area contributed by atoms with Crippen LogP contribution in [0.1, 0.15) is 12.5 Å². The number of sulfonamides is 1. The standard InChI is InChI=1S/C13H19N3O4S/c1-9-11(12(17)16-13(18)15-9)21(19,20)14-8-7-10-5-3-2-4-6-10/h2-6,9,11,13-15,18H,7-8H2,1H3,(H,16,17). The molecule has 1 saturated heterocycles. The highest BCUT2D eigenvalue weighted by Gasteiger charge is 2.41. The molecule has 0 bridgehead atoms. The van der Waals surface area contributed by atoms with E-state index in [9.17, 15) is 18.3 Å². The van der Waals surface area contributed by atoms with E-state index in [1.807, 2.05) is 30.3 Å². The molecule has 2 rings (SSSR count). The maximum absolute atomic E-state index is 12.2. The van der Waals surface area contributed by atoms with Gasteiger partial charge in [0.2, 0.25) is 15.9 Å². The molecule has 4 N–H and O–H groups in total. The number of carbonyl (C=O) groups is 1. The lowest BCUT2D eigenvalue weighted by Gasteiger charge is -2.32. The molecule has 1 aliphatic rings. The summed E-state index contributed by atoms with van der Waals surface area (Å²) in [6.07, 6.45) is -0.679. The van der Waals surface area contributed by atoms with Crippen molar-refractivity contribution in [1.82, 2.24) is 15.4 Å². The van der Waals surface area contributed by atoms with Gasteiger partial charge in [-0.05, 0) is 18.9 Å². The first-order valence-corrected chi connectivity index (χ1v) is 8.21. The second-order valence-corrected chi connectivity index (χ2v) is 6.85. The molecule has 3 atom stereocenters. The average molecular weight is 313 g/mol. The van der Waals surface area contributed by atoms with Gasteiger partial charge in [-0.15, -0.1) is 0 Å². The SMILES string of the molecule is CC1NC(O)NC(=O)C1S(=O)(=O)NCCc1ccccc1. The van der Waals surface area contributed by atoms with Gasteiger partial charge < -0.3 is 10.4 Å². The lowest BCUT2D eigenvalue weighted by molar-refractivity contribution is -0.127. The van der Waals surface area contributed by atoms with Crippen LogP contribution in [-0.2, 0) is 21.2 Å². The lowest BCUT2D eigenvalue weighted by atomic mass is 10.2. The predicted octanol–water partition coefficient (Wildman–Crippen LogP) is -1.10. The monoisotopic (exact) mass is 313 g/mol. The Morgan fingerprint density at radius 1 is 1.29 bits per heavy atom. The van der Waals surface area contributed by atoms with Crippen molar-refractivity contribution in [2.24, 2.45) is 0 Å². The molecule has 1 heterocycles. The Morgan fingerprint density at radius 2 is 1.95 bits per heavy atom. The summed E-state index contributed by atoms with van der Waals surface area (Å²) in [6.45, 7) is 1.76. The van der Waals surface area contributed by atoms with Gasteiger partial charge in [0.05, 0.1) is 0 Å². The number of aliphatic hydroxyl groups is 1. The molecule has 0 aliphatic carbocycles. The maximum Gasteiger partial charge on any atom is 0.244 e. The van der Waals surface area contributed by atoms with Gasteiger partial charge in [0.1, 0.15) is 0 Å². The first-order valence-electron chi connectivity index (χ1n) is 6.67. The summed E-state index contributed by atoms with van der Waals surface area (Å²) in [5.74, 6) is -0.707. The summed E-state index contributed by atoms with van der Waals surface area (Å²) in [6, 6.07) is 8.78. The van der Waals surface area contributed by atoms with Crippen molar-refractivity contribution in [2.75, 3.05) is 6.54 Å². The summed E-state index contributed by atoms with van der Waals surface area (Å²) in [5.41, 5.74) is 1.01. The molecule has 116 valence electrons. The van der Waals surface area contributed by atoms with Crippen molar-refractivity contribution in [2.45, 2.75) is 31.0 Å². The zero-order valence-corrected chi connectivity index (χ0v) is 12.4. The highest BCUT2D eigenvalue weighted by atomic mass is 32.2. The molecule has 7 nitrogen and oxygen atoms in total. The van der Waals surface area contributed by atoms with E-state index in [-0.39, 0.29) is 6.54 Å². The van der Waals surface area contributed by atoms with Crippen LogP contribution in [0.25, 0.3) is 0 Å². The molecular formula is C13H19N3O4S. The molecule has 0 saturated carbocycles. The summed E-state index contributed by atoms with van der Waals surface area (Å²) in [5, 5.41) is 12.8. The Kier molecular flexibility index (Phi) is 4.94. The van der Waals surface area contributed by atoms with Gasteiger partial charge in [0.25, 0.3) is 0 Å². The van der Waals surface area contributed by atoms with E-state index >= 15 is 0 Å². The molecule has 3 unspecified atom stereocenters. The molecule has 1 fully saturated rings. The van der Waals surface area contributed by atoms with Gasteiger partial charge in [0.15, 0.2) is 11.6 Å². The van der Waals surface area contributed by atoms with Crippen molar-refractivity contribution in [3.05, 3.63) is 35.9 Å². The molecule has 0 radical (unpaired) electrons. The molecule has 8 heteroatoms. The average Bonchev–Trinajstić information content (AvgIpc) is 2.38. The maximum atomic E-state index is 12.2. The second-order valence-electron chi connectivity index (χ2n) is 4.96. The smallest absolute Gasteiger partial charge is 0.244 e. The minimum absolute atomic E-state index is 0.214. The molecular weight excluding hydrogens is 294 g/mol. The fourth-order valence-electron chi connectivity index (χ4n) is 2.30. The van der Waals surface area contributed by atoms with Crippen LogP contribution in [0.5, 0.6) is 0 Å². The Labute approximate surface area is 123 Å². The Balaban J connectivity index is 1.96. The summed E-state index contributed by atoms with van der Waals surface area (Å²) >= 11 is 0. The minimum atomic E-state index is -3.81. The van der Waals surface area contributed by atoms with Crippen molar-refractivity contribution in [3.8, 4) is 0 Å². The van der Waals surface area contributed by atoms with Crippen LogP contribution in [0.15, 0.2) is 30.3 Å². The van der Waals surface area contributed by atoms with E-state index in [0.717, 1.165) is 5.56 Å². The van der Waals surface area contributed by atoms with Gasteiger partial charge in [-0.3, -0.25) is 10.1 Å². The zero-order chi connectivity index (χ0) is 15.5. The van der Waals surface area contributed by atoms with Crippen LogP contribution in [-0.4, -0.2) is 43.6 Å². The normalized spacial score (nSPS) is 26.4. The third-order valence-corrected chi connectivity index (χ3v) is 5.20. The van der Waals surface area contributed by atoms with Crippen LogP contribution in [0, 0.1) is 0 Å². The quantitative estimate of drug-likeness (QED) is 0.552. The zero-order valence-electron chi connectivity index (χ0n) is 11.6. The topological polar surface area (TPSA) is 108 Å². The molecule has 21 heavy (non-hydrogen) atoms. The van der Waals surface area contributed by atoms with Crippen LogP contribution >= 0.6 is 0 Å². The first-order chi connectivity index (χ1) is 9.90. The minimum Gasteiger partial charge on any atom is -0.361 e. The lowest BCUT2D eigenvalue weighted by Crippen LogP contribution is -2.66. The van der Waals surface area contributed by atoms with Gasteiger partial charge in [-0.25, -0.2) is 13.1 Å². The molecule has 1 aromatic carbocycles. The molecule has 0 aromatic heterocycles. The third-order valence-electron chi connectivity index (χ3n) is 3.31. The van der Waals surface area contributed by atoms with E-state index in [0.29, 0.717) is 6.42 Å². The largest absolute Gasteiger partial charge is 0.361 e. The van der Waals surface area contributed by atoms with Gasteiger partial charge in [0, 0.05) is 12.6 Å². The fraction of sp³-hybridized carbons (Fsp3) is 0.462. The van der Waals surface area contributed by atoms with Crippen molar-refractivity contribution < 1.29 is 18.3 Å². The highest BCUT2D eigenvalue weighted by molar-refractivity contribution is 7.91. The number of hydrogen-bond donors (Lipinski definition) is 4. The summed E-state index contributed by atoms with van der Waals surface area (Å²) in [4.78, 5) is 11.8. The van der Waals surface area contributed by atoms with Gasteiger partial charge in [-0.2, -0.15) is 0 Å². The molecule has 1 aromatic rings. The van der Waals surface area contributed by atoms with Crippen molar-refractivity contribution in [1.29, 1.82) is 0 Å². The third kappa shape index (κ3) is 4.01. The van der Waals surface area contributed by atoms with E-state index in [1.54, 1.807) is 6.92 Å². The van der Waals surface area contributed by atoms with Crippen molar-refractivity contribution >= 4 is 15.9 Å². The molecule has 0 spiro atoms. The number of benzene rings is 1. The molecule has 1 aliphatic heterocycles. The summed E-state index contributed by atoms with van der Waals surface area (Å²) < 4.78 is 26.9. The van der Waals surface area contributed by atoms with Crippen molar-refractivity contribution in [3.63, 3.8) is 0 Å². The number of hydrogen-bond acceptors (Lipinski definition) is 5. The summed E-state index contributed by atoms with van der Waals surface area (Å²) in [7, 11) is -3.81. The van der Waals surface area contributed by atoms with E-state index in [1.165, 1.54) is 0 Å². The predicted molar refractivity (Wildman–Crippen MR) is 77.6 cm³/mol. The Hall–Kier alpha value is -1.48. The van der Waals surface area contributed by atoms with Crippen LogP contribution < -0.4 is 15.4 Å². The molecule has 1 amide bonds. The van der Waals surface area contributed by atoms with Gasteiger partial charge >= 0.3 is 0 Å². The Bertz CT molecular complexity index is 591. The number of rotatable bonds is 5. The second kappa shape index (κ2) is 6.52. The van der Waals surface area contributed by atoms with Gasteiger partial charge in [-0.1, -0.05) is 30.3 Å². The van der Waals surface area contributed by atoms with E-state index < -0.39 is 33.6 Å². The van der Waals surface area contributed by atoms with E-state index in [2.05, 4.69) is 15.4 Å².